The Bertz CT molecular complexity index is 425. The van der Waals surface area contributed by atoms with E-state index in [-0.39, 0.29) is 5.82 Å². The van der Waals surface area contributed by atoms with Crippen molar-refractivity contribution in [1.29, 1.82) is 0 Å². The second-order valence-electron chi connectivity index (χ2n) is 5.08. The highest BCUT2D eigenvalue weighted by Crippen LogP contribution is 2.23. The molecule has 1 aromatic rings. The minimum atomic E-state index is -0.497. The molecule has 1 N–H and O–H groups in total. The van der Waals surface area contributed by atoms with Crippen LogP contribution in [-0.2, 0) is 0 Å². The molecule has 0 aromatic heterocycles. The Morgan fingerprint density at radius 2 is 2.00 bits per heavy atom. The van der Waals surface area contributed by atoms with Gasteiger partial charge in [0.2, 0.25) is 0 Å². The van der Waals surface area contributed by atoms with Crippen LogP contribution in [-0.4, -0.2) is 35.7 Å². The molecule has 0 saturated heterocycles. The number of β-amino-alcohol motifs (C(OH)–C–C–N with tert-alkyl or cyclic N) is 1. The molecular formula is C15H19FNO. The molecule has 2 rings (SSSR count). The van der Waals surface area contributed by atoms with Gasteiger partial charge in [0.15, 0.2) is 0 Å². The Morgan fingerprint density at radius 3 is 2.56 bits per heavy atom. The minimum Gasteiger partial charge on any atom is -0.387 e. The van der Waals surface area contributed by atoms with Gasteiger partial charge in [0.25, 0.3) is 0 Å². The Morgan fingerprint density at radius 1 is 1.33 bits per heavy atom. The molecule has 1 aliphatic rings. The Labute approximate surface area is 108 Å². The van der Waals surface area contributed by atoms with E-state index < -0.39 is 6.10 Å². The first-order valence-corrected chi connectivity index (χ1v) is 6.21. The zero-order valence-corrected chi connectivity index (χ0v) is 10.9. The molecule has 1 radical (unpaired) electrons. The van der Waals surface area contributed by atoms with E-state index in [2.05, 4.69) is 18.7 Å². The first-order chi connectivity index (χ1) is 8.56. The van der Waals surface area contributed by atoms with Crippen molar-refractivity contribution in [2.45, 2.75) is 20.0 Å². The lowest BCUT2D eigenvalue weighted by atomic mass is 9.96. The summed E-state index contributed by atoms with van der Waals surface area (Å²) in [5.41, 5.74) is 1.81. The van der Waals surface area contributed by atoms with Gasteiger partial charge >= 0.3 is 0 Å². The quantitative estimate of drug-likeness (QED) is 0.888. The minimum absolute atomic E-state index is 0.248. The van der Waals surface area contributed by atoms with E-state index >= 15 is 0 Å². The summed E-state index contributed by atoms with van der Waals surface area (Å²) in [5, 5.41) is 10.2. The molecule has 1 aromatic carbocycles. The molecule has 0 aliphatic carbocycles. The highest BCUT2D eigenvalue weighted by molar-refractivity contribution is 5.69. The van der Waals surface area contributed by atoms with Crippen molar-refractivity contribution in [3.63, 3.8) is 0 Å². The van der Waals surface area contributed by atoms with E-state index in [9.17, 15) is 9.50 Å². The molecule has 1 atom stereocenters. The summed E-state index contributed by atoms with van der Waals surface area (Å²) in [4.78, 5) is 2.20. The van der Waals surface area contributed by atoms with Crippen molar-refractivity contribution in [1.82, 2.24) is 4.90 Å². The molecule has 2 nitrogen and oxygen atoms in total. The highest BCUT2D eigenvalue weighted by atomic mass is 19.1. The molecule has 0 bridgehead atoms. The van der Waals surface area contributed by atoms with Crippen LogP contribution in [0.25, 0.3) is 5.57 Å². The summed E-state index contributed by atoms with van der Waals surface area (Å²) in [5.74, 6) is 1.09. The molecule has 1 heterocycles. The van der Waals surface area contributed by atoms with Gasteiger partial charge in [0.05, 0.1) is 6.10 Å². The summed E-state index contributed by atoms with van der Waals surface area (Å²) in [7, 11) is 0. The average molecular weight is 248 g/mol. The Hall–Kier alpha value is -1.19. The van der Waals surface area contributed by atoms with Gasteiger partial charge in [-0.2, -0.15) is 0 Å². The maximum atomic E-state index is 12.9. The van der Waals surface area contributed by atoms with E-state index in [0.717, 1.165) is 24.2 Å². The van der Waals surface area contributed by atoms with Crippen LogP contribution in [0.2, 0.25) is 0 Å². The number of rotatable bonds is 3. The molecule has 18 heavy (non-hydrogen) atoms. The van der Waals surface area contributed by atoms with Crippen molar-refractivity contribution in [2.24, 2.45) is 0 Å². The van der Waals surface area contributed by atoms with Crippen LogP contribution in [0.1, 0.15) is 19.4 Å². The second kappa shape index (κ2) is 5.63. The lowest BCUT2D eigenvalue weighted by Gasteiger charge is -2.31. The molecule has 97 valence electrons. The Balaban J connectivity index is 2.11. The molecule has 3 heteroatoms. The zero-order valence-electron chi connectivity index (χ0n) is 10.9. The van der Waals surface area contributed by atoms with Crippen LogP contribution >= 0.6 is 0 Å². The van der Waals surface area contributed by atoms with Crippen molar-refractivity contribution in [3.05, 3.63) is 47.6 Å². The number of halogens is 1. The van der Waals surface area contributed by atoms with E-state index in [1.165, 1.54) is 18.1 Å². The topological polar surface area (TPSA) is 23.5 Å². The van der Waals surface area contributed by atoms with Crippen molar-refractivity contribution >= 4 is 5.57 Å². The van der Waals surface area contributed by atoms with Gasteiger partial charge < -0.3 is 5.11 Å². The monoisotopic (exact) mass is 248 g/mol. The molecular weight excluding hydrogens is 229 g/mol. The van der Waals surface area contributed by atoms with Crippen molar-refractivity contribution in [2.75, 3.05) is 19.6 Å². The smallest absolute Gasteiger partial charge is 0.123 e. The summed E-state index contributed by atoms with van der Waals surface area (Å²) in [6.07, 6.45) is 1.54. The average Bonchev–Trinajstić information content (AvgIpc) is 2.30. The fourth-order valence-electron chi connectivity index (χ4n) is 2.31. The summed E-state index contributed by atoms with van der Waals surface area (Å²) in [6, 6.07) is 6.30. The zero-order chi connectivity index (χ0) is 13.1. The van der Waals surface area contributed by atoms with Gasteiger partial charge in [0.1, 0.15) is 5.82 Å². The second-order valence-corrected chi connectivity index (χ2v) is 5.08. The summed E-state index contributed by atoms with van der Waals surface area (Å²) in [6.45, 7) is 6.55. The number of hydrogen-bond acceptors (Lipinski definition) is 2. The number of aliphatic hydroxyl groups is 1. The third-order valence-electron chi connectivity index (χ3n) is 3.08. The SMILES string of the molecule is C[C](C)CN1CC=C(c2ccc(F)cc2)[C@@H](O)C1. The lowest BCUT2D eigenvalue weighted by molar-refractivity contribution is 0.155. The van der Waals surface area contributed by atoms with E-state index in [0.29, 0.717) is 6.54 Å². The van der Waals surface area contributed by atoms with Crippen molar-refractivity contribution in [3.8, 4) is 0 Å². The number of benzene rings is 1. The standard InChI is InChI=1S/C15H19FNO/c1-11(2)9-17-8-7-14(15(18)10-17)12-3-5-13(16)6-4-12/h3-7,15,18H,8-10H2,1-2H3/t15-/m0/s1. The highest BCUT2D eigenvalue weighted by Gasteiger charge is 2.21. The van der Waals surface area contributed by atoms with Crippen molar-refractivity contribution < 1.29 is 9.50 Å². The number of nitrogens with zero attached hydrogens (tertiary/aromatic N) is 1. The number of aliphatic hydroxyl groups excluding tert-OH is 1. The molecule has 1 aliphatic heterocycles. The van der Waals surface area contributed by atoms with Gasteiger partial charge in [-0.1, -0.05) is 32.1 Å². The predicted octanol–water partition coefficient (Wildman–Crippen LogP) is 2.50. The maximum Gasteiger partial charge on any atom is 0.123 e. The number of hydrogen-bond donors (Lipinski definition) is 1. The van der Waals surface area contributed by atoms with Crippen LogP contribution in [0.3, 0.4) is 0 Å². The van der Waals surface area contributed by atoms with E-state index in [4.69, 9.17) is 0 Å². The van der Waals surface area contributed by atoms with Gasteiger partial charge in [0, 0.05) is 19.6 Å². The van der Waals surface area contributed by atoms with E-state index in [1.54, 1.807) is 12.1 Å². The van der Waals surface area contributed by atoms with E-state index in [1.807, 2.05) is 6.08 Å². The fourth-order valence-corrected chi connectivity index (χ4v) is 2.31. The van der Waals surface area contributed by atoms with Crippen LogP contribution < -0.4 is 0 Å². The first-order valence-electron chi connectivity index (χ1n) is 6.21. The normalized spacial score (nSPS) is 21.2. The van der Waals surface area contributed by atoms with Gasteiger partial charge in [-0.3, -0.25) is 4.90 Å². The Kier molecular flexibility index (Phi) is 4.15. The lowest BCUT2D eigenvalue weighted by Crippen LogP contribution is -2.39. The third-order valence-corrected chi connectivity index (χ3v) is 3.08. The molecule has 0 unspecified atom stereocenters. The molecule has 0 saturated carbocycles. The van der Waals surface area contributed by atoms with Gasteiger partial charge in [-0.05, 0) is 29.2 Å². The van der Waals surface area contributed by atoms with Crippen LogP contribution in [0.15, 0.2) is 30.3 Å². The third kappa shape index (κ3) is 3.18. The fraction of sp³-hybridized carbons (Fsp3) is 0.400. The van der Waals surface area contributed by atoms with Gasteiger partial charge in [-0.25, -0.2) is 4.39 Å². The summed E-state index contributed by atoms with van der Waals surface area (Å²) >= 11 is 0. The van der Waals surface area contributed by atoms with Gasteiger partial charge in [-0.15, -0.1) is 0 Å². The predicted molar refractivity (Wildman–Crippen MR) is 71.4 cm³/mol. The largest absolute Gasteiger partial charge is 0.387 e. The summed E-state index contributed by atoms with van der Waals surface area (Å²) < 4.78 is 12.9. The van der Waals surface area contributed by atoms with Crippen LogP contribution in [0, 0.1) is 11.7 Å². The van der Waals surface area contributed by atoms with Crippen LogP contribution in [0.4, 0.5) is 4.39 Å². The molecule has 0 fully saturated rings. The maximum absolute atomic E-state index is 12.9. The molecule has 0 spiro atoms. The first kappa shape index (κ1) is 13.2. The van der Waals surface area contributed by atoms with Crippen LogP contribution in [0.5, 0.6) is 0 Å². The molecule has 0 amide bonds.